The smallest absolute Gasteiger partial charge is 0.0968 e. The maximum Gasteiger partial charge on any atom is 0.0968 e. The number of likely N-dealkylation sites (tertiary alicyclic amines) is 1. The fraction of sp³-hybridized carbons (Fsp3) is 0.429. The molecule has 1 fully saturated rings. The molecule has 1 atom stereocenters. The zero-order chi connectivity index (χ0) is 12.2. The van der Waals surface area contributed by atoms with E-state index in [1.807, 2.05) is 24.7 Å². The lowest BCUT2D eigenvalue weighted by atomic mass is 9.98. The molecule has 0 N–H and O–H groups in total. The summed E-state index contributed by atoms with van der Waals surface area (Å²) in [7, 11) is 0. The Bertz CT molecular complexity index is 469. The molecule has 1 aliphatic heterocycles. The first-order valence-electron chi connectivity index (χ1n) is 6.42. The lowest BCUT2D eigenvalue weighted by Gasteiger charge is -2.31. The van der Waals surface area contributed by atoms with E-state index in [0.717, 1.165) is 13.1 Å². The van der Waals surface area contributed by atoms with Crippen LogP contribution in [0, 0.1) is 0 Å². The molecule has 3 rings (SSSR count). The van der Waals surface area contributed by atoms with Crippen molar-refractivity contribution >= 4 is 11.3 Å². The van der Waals surface area contributed by atoms with Crippen molar-refractivity contribution in [1.82, 2.24) is 14.9 Å². The van der Waals surface area contributed by atoms with Gasteiger partial charge in [-0.2, -0.15) is 0 Å². The van der Waals surface area contributed by atoms with Crippen LogP contribution in [-0.2, 0) is 6.54 Å². The molecular formula is C14H17N3S. The van der Waals surface area contributed by atoms with Gasteiger partial charge in [-0.25, -0.2) is 4.98 Å². The summed E-state index contributed by atoms with van der Waals surface area (Å²) < 4.78 is 0. The Kier molecular flexibility index (Phi) is 3.67. The Balaban J connectivity index is 1.64. The number of pyridine rings is 1. The third-order valence-corrected chi connectivity index (χ3v) is 4.37. The fourth-order valence-corrected chi connectivity index (χ4v) is 3.35. The van der Waals surface area contributed by atoms with Crippen LogP contribution in [-0.4, -0.2) is 28.0 Å². The average molecular weight is 259 g/mol. The van der Waals surface area contributed by atoms with Crippen molar-refractivity contribution in [3.8, 4) is 0 Å². The Hall–Kier alpha value is -1.26. The van der Waals surface area contributed by atoms with Crippen molar-refractivity contribution in [2.45, 2.75) is 25.3 Å². The lowest BCUT2D eigenvalue weighted by Crippen LogP contribution is -2.33. The fourth-order valence-electron chi connectivity index (χ4n) is 2.59. The number of aromatic nitrogens is 2. The molecule has 0 saturated carbocycles. The Morgan fingerprint density at radius 1 is 1.39 bits per heavy atom. The summed E-state index contributed by atoms with van der Waals surface area (Å²) in [6.07, 6.45) is 8.26. The maximum atomic E-state index is 4.46. The standard InChI is InChI=1S/C14H17N3S/c1-3-12(9-15-5-1)10-17-7-2-4-13(11-17)14-16-6-8-18-14/h1,3,5-6,8-9,13H,2,4,7,10-11H2/t13-/m0/s1. The van der Waals surface area contributed by atoms with E-state index in [0.29, 0.717) is 5.92 Å². The van der Waals surface area contributed by atoms with Crippen molar-refractivity contribution in [3.63, 3.8) is 0 Å². The predicted octanol–water partition coefficient (Wildman–Crippen LogP) is 2.92. The van der Waals surface area contributed by atoms with Crippen LogP contribution in [0.3, 0.4) is 0 Å². The highest BCUT2D eigenvalue weighted by Crippen LogP contribution is 2.28. The van der Waals surface area contributed by atoms with E-state index in [-0.39, 0.29) is 0 Å². The van der Waals surface area contributed by atoms with Gasteiger partial charge in [0.25, 0.3) is 0 Å². The number of hydrogen-bond acceptors (Lipinski definition) is 4. The molecule has 0 radical (unpaired) electrons. The molecule has 0 aromatic carbocycles. The van der Waals surface area contributed by atoms with Gasteiger partial charge in [0.15, 0.2) is 0 Å². The molecule has 0 bridgehead atoms. The first kappa shape index (κ1) is 11.8. The summed E-state index contributed by atoms with van der Waals surface area (Å²) in [5.41, 5.74) is 1.30. The molecule has 18 heavy (non-hydrogen) atoms. The van der Waals surface area contributed by atoms with Gasteiger partial charge in [0.1, 0.15) is 0 Å². The van der Waals surface area contributed by atoms with Gasteiger partial charge in [-0.05, 0) is 31.0 Å². The SMILES string of the molecule is c1cncc(CN2CCC[C@H](c3nccs3)C2)c1. The molecule has 0 spiro atoms. The molecule has 1 saturated heterocycles. The van der Waals surface area contributed by atoms with Crippen molar-refractivity contribution in [2.75, 3.05) is 13.1 Å². The second kappa shape index (κ2) is 5.59. The van der Waals surface area contributed by atoms with Crippen LogP contribution in [0.15, 0.2) is 36.1 Å². The van der Waals surface area contributed by atoms with E-state index in [4.69, 9.17) is 0 Å². The van der Waals surface area contributed by atoms with Gasteiger partial charge in [0, 0.05) is 43.0 Å². The minimum atomic E-state index is 0.621. The number of piperidine rings is 1. The topological polar surface area (TPSA) is 29.0 Å². The van der Waals surface area contributed by atoms with Gasteiger partial charge in [0.05, 0.1) is 5.01 Å². The normalized spacial score (nSPS) is 21.0. The van der Waals surface area contributed by atoms with E-state index < -0.39 is 0 Å². The van der Waals surface area contributed by atoms with E-state index in [9.17, 15) is 0 Å². The van der Waals surface area contributed by atoms with Crippen molar-refractivity contribution in [2.24, 2.45) is 0 Å². The molecule has 1 aliphatic rings. The van der Waals surface area contributed by atoms with Crippen molar-refractivity contribution in [3.05, 3.63) is 46.7 Å². The highest BCUT2D eigenvalue weighted by atomic mass is 32.1. The molecule has 0 aliphatic carbocycles. The van der Waals surface area contributed by atoms with Crippen LogP contribution in [0.5, 0.6) is 0 Å². The number of hydrogen-bond donors (Lipinski definition) is 0. The van der Waals surface area contributed by atoms with Crippen LogP contribution in [0.1, 0.15) is 29.3 Å². The zero-order valence-corrected chi connectivity index (χ0v) is 11.1. The molecule has 3 heterocycles. The molecule has 94 valence electrons. The van der Waals surface area contributed by atoms with E-state index in [1.165, 1.54) is 30.0 Å². The van der Waals surface area contributed by atoms with E-state index >= 15 is 0 Å². The number of thiazole rings is 1. The van der Waals surface area contributed by atoms with Crippen LogP contribution in [0.2, 0.25) is 0 Å². The second-order valence-corrected chi connectivity index (χ2v) is 5.73. The third kappa shape index (κ3) is 2.76. The Morgan fingerprint density at radius 3 is 3.17 bits per heavy atom. The molecule has 3 nitrogen and oxygen atoms in total. The zero-order valence-electron chi connectivity index (χ0n) is 10.3. The van der Waals surface area contributed by atoms with E-state index in [1.54, 1.807) is 11.3 Å². The second-order valence-electron chi connectivity index (χ2n) is 4.81. The van der Waals surface area contributed by atoms with Crippen LogP contribution < -0.4 is 0 Å². The van der Waals surface area contributed by atoms with Crippen molar-refractivity contribution < 1.29 is 0 Å². The Labute approximate surface area is 112 Å². The summed E-state index contributed by atoms with van der Waals surface area (Å²) >= 11 is 1.79. The first-order chi connectivity index (χ1) is 8.92. The van der Waals surface area contributed by atoms with Gasteiger partial charge in [-0.15, -0.1) is 11.3 Å². The third-order valence-electron chi connectivity index (χ3n) is 3.44. The van der Waals surface area contributed by atoms with Crippen LogP contribution >= 0.6 is 11.3 Å². The lowest BCUT2D eigenvalue weighted by molar-refractivity contribution is 0.200. The van der Waals surface area contributed by atoms with Crippen LogP contribution in [0.4, 0.5) is 0 Å². The summed E-state index contributed by atoms with van der Waals surface area (Å²) in [5, 5.41) is 3.38. The molecular weight excluding hydrogens is 242 g/mol. The summed E-state index contributed by atoms with van der Waals surface area (Å²) in [6.45, 7) is 3.33. The minimum absolute atomic E-state index is 0.621. The van der Waals surface area contributed by atoms with Gasteiger partial charge in [0.2, 0.25) is 0 Å². The highest BCUT2D eigenvalue weighted by Gasteiger charge is 2.22. The van der Waals surface area contributed by atoms with Gasteiger partial charge >= 0.3 is 0 Å². The maximum absolute atomic E-state index is 4.46. The summed E-state index contributed by atoms with van der Waals surface area (Å²) in [5.74, 6) is 0.621. The quantitative estimate of drug-likeness (QED) is 0.848. The van der Waals surface area contributed by atoms with Gasteiger partial charge in [-0.1, -0.05) is 6.07 Å². The molecule has 0 amide bonds. The molecule has 4 heteroatoms. The van der Waals surface area contributed by atoms with Crippen LogP contribution in [0.25, 0.3) is 0 Å². The monoisotopic (exact) mass is 259 g/mol. The molecule has 2 aromatic heterocycles. The van der Waals surface area contributed by atoms with Gasteiger partial charge < -0.3 is 0 Å². The predicted molar refractivity (Wildman–Crippen MR) is 73.6 cm³/mol. The van der Waals surface area contributed by atoms with Crippen molar-refractivity contribution in [1.29, 1.82) is 0 Å². The number of rotatable bonds is 3. The largest absolute Gasteiger partial charge is 0.298 e. The van der Waals surface area contributed by atoms with Gasteiger partial charge in [-0.3, -0.25) is 9.88 Å². The Morgan fingerprint density at radius 2 is 2.39 bits per heavy atom. The summed E-state index contributed by atoms with van der Waals surface area (Å²) in [4.78, 5) is 11.2. The molecule has 2 aromatic rings. The highest BCUT2D eigenvalue weighted by molar-refractivity contribution is 7.09. The average Bonchev–Trinajstić information content (AvgIpc) is 2.94. The summed E-state index contributed by atoms with van der Waals surface area (Å²) in [6, 6.07) is 4.16. The minimum Gasteiger partial charge on any atom is -0.298 e. The molecule has 0 unspecified atom stereocenters. The van der Waals surface area contributed by atoms with E-state index in [2.05, 4.69) is 26.3 Å². The number of nitrogens with zero attached hydrogens (tertiary/aromatic N) is 3. The first-order valence-corrected chi connectivity index (χ1v) is 7.30.